The van der Waals surface area contributed by atoms with Gasteiger partial charge in [0.25, 0.3) is 0 Å². The molecule has 1 rings (SSSR count). The van der Waals surface area contributed by atoms with Crippen LogP contribution in [0.3, 0.4) is 0 Å². The summed E-state index contributed by atoms with van der Waals surface area (Å²) >= 11 is 1.50. The molecule has 0 unspecified atom stereocenters. The molecule has 1 aromatic rings. The highest BCUT2D eigenvalue weighted by Gasteiger charge is 1.96. The molecule has 2 nitrogen and oxygen atoms in total. The molecular formula is C7H8O2S. The van der Waals surface area contributed by atoms with E-state index in [1.54, 1.807) is 7.11 Å². The number of rotatable bonds is 3. The summed E-state index contributed by atoms with van der Waals surface area (Å²) in [6, 6.07) is 3.77. The van der Waals surface area contributed by atoms with Gasteiger partial charge < -0.3 is 9.53 Å². The van der Waals surface area contributed by atoms with Gasteiger partial charge in [0.2, 0.25) is 0 Å². The normalized spacial score (nSPS) is 9.30. The Morgan fingerprint density at radius 1 is 1.70 bits per heavy atom. The van der Waals surface area contributed by atoms with Crippen LogP contribution in [0.15, 0.2) is 12.1 Å². The van der Waals surface area contributed by atoms with Gasteiger partial charge in [-0.05, 0) is 12.1 Å². The summed E-state index contributed by atoms with van der Waals surface area (Å²) in [5, 5.41) is 0.858. The van der Waals surface area contributed by atoms with Gasteiger partial charge in [-0.2, -0.15) is 0 Å². The molecule has 0 spiro atoms. The predicted molar refractivity (Wildman–Crippen MR) is 40.6 cm³/mol. The first-order valence-electron chi connectivity index (χ1n) is 2.93. The third-order valence-electron chi connectivity index (χ3n) is 1.12. The van der Waals surface area contributed by atoms with Crippen LogP contribution >= 0.6 is 11.3 Å². The first kappa shape index (κ1) is 7.28. The number of hydrogen-bond acceptors (Lipinski definition) is 3. The lowest BCUT2D eigenvalue weighted by Gasteiger charge is -1.88. The summed E-state index contributed by atoms with van der Waals surface area (Å²) in [6.45, 7) is 0. The van der Waals surface area contributed by atoms with E-state index in [9.17, 15) is 4.79 Å². The van der Waals surface area contributed by atoms with Gasteiger partial charge in [0.1, 0.15) is 6.29 Å². The summed E-state index contributed by atoms with van der Waals surface area (Å²) in [5.74, 6) is 0. The van der Waals surface area contributed by atoms with Crippen molar-refractivity contribution < 1.29 is 9.53 Å². The molecule has 0 amide bonds. The van der Waals surface area contributed by atoms with Crippen molar-refractivity contribution in [3.05, 3.63) is 17.0 Å². The molecule has 54 valence electrons. The van der Waals surface area contributed by atoms with Crippen LogP contribution in [0.2, 0.25) is 0 Å². The molecule has 0 aliphatic heterocycles. The second-order valence-corrected chi connectivity index (χ2v) is 2.93. The first-order valence-corrected chi connectivity index (χ1v) is 3.75. The van der Waals surface area contributed by atoms with Gasteiger partial charge in [-0.1, -0.05) is 0 Å². The molecule has 10 heavy (non-hydrogen) atoms. The van der Waals surface area contributed by atoms with Gasteiger partial charge in [0.05, 0.1) is 7.11 Å². The Hall–Kier alpha value is -0.830. The van der Waals surface area contributed by atoms with Crippen LogP contribution < -0.4 is 4.74 Å². The Morgan fingerprint density at radius 2 is 2.50 bits per heavy atom. The maximum atomic E-state index is 10.0. The largest absolute Gasteiger partial charge is 0.487 e. The van der Waals surface area contributed by atoms with E-state index in [1.165, 1.54) is 11.3 Å². The average Bonchev–Trinajstić information content (AvgIpc) is 2.37. The molecule has 1 heterocycles. The fourth-order valence-corrected chi connectivity index (χ4v) is 1.43. The van der Waals surface area contributed by atoms with Gasteiger partial charge in [-0.3, -0.25) is 0 Å². The zero-order valence-electron chi connectivity index (χ0n) is 5.66. The Labute approximate surface area is 63.4 Å². The Balaban J connectivity index is 2.67. The maximum absolute atomic E-state index is 10.0. The molecule has 0 saturated carbocycles. The number of carbonyl (C=O) groups excluding carboxylic acids is 1. The molecule has 0 aliphatic rings. The lowest BCUT2D eigenvalue weighted by molar-refractivity contribution is -0.107. The number of hydrogen-bond donors (Lipinski definition) is 0. The molecule has 1 aromatic heterocycles. The third kappa shape index (κ3) is 1.57. The Bertz CT molecular complexity index is 217. The highest BCUT2D eigenvalue weighted by atomic mass is 32.1. The van der Waals surface area contributed by atoms with Crippen molar-refractivity contribution in [2.24, 2.45) is 0 Å². The van der Waals surface area contributed by atoms with E-state index in [4.69, 9.17) is 4.74 Å². The fourth-order valence-electron chi connectivity index (χ4n) is 0.660. The van der Waals surface area contributed by atoms with Crippen molar-refractivity contribution in [2.75, 3.05) is 7.11 Å². The highest BCUT2D eigenvalue weighted by molar-refractivity contribution is 7.13. The summed E-state index contributed by atoms with van der Waals surface area (Å²) in [4.78, 5) is 11.1. The summed E-state index contributed by atoms with van der Waals surface area (Å²) < 4.78 is 4.94. The number of methoxy groups -OCH3 is 1. The second kappa shape index (κ2) is 3.37. The molecule has 0 N–H and O–H groups in total. The SMILES string of the molecule is COc1ccc(CC=O)s1. The monoisotopic (exact) mass is 156 g/mol. The van der Waals surface area contributed by atoms with Crippen LogP contribution in [0.1, 0.15) is 4.88 Å². The standard InChI is InChI=1S/C7H8O2S/c1-9-7-3-2-6(10-7)4-5-8/h2-3,5H,4H2,1H3. The van der Waals surface area contributed by atoms with E-state index in [-0.39, 0.29) is 0 Å². The van der Waals surface area contributed by atoms with Crippen LogP contribution in [0, 0.1) is 0 Å². The molecule has 0 atom stereocenters. The third-order valence-corrected chi connectivity index (χ3v) is 2.19. The van der Waals surface area contributed by atoms with Gasteiger partial charge in [-0.25, -0.2) is 0 Å². The molecule has 0 aliphatic carbocycles. The van der Waals surface area contributed by atoms with E-state index < -0.39 is 0 Å². The van der Waals surface area contributed by atoms with E-state index in [1.807, 2.05) is 12.1 Å². The van der Waals surface area contributed by atoms with Crippen molar-refractivity contribution in [1.29, 1.82) is 0 Å². The number of carbonyl (C=O) groups is 1. The van der Waals surface area contributed by atoms with Crippen LogP contribution in [-0.2, 0) is 11.2 Å². The van der Waals surface area contributed by atoms with Crippen LogP contribution in [0.4, 0.5) is 0 Å². The van der Waals surface area contributed by atoms with Crippen molar-refractivity contribution in [1.82, 2.24) is 0 Å². The van der Waals surface area contributed by atoms with Crippen molar-refractivity contribution in [3.63, 3.8) is 0 Å². The predicted octanol–water partition coefficient (Wildman–Crippen LogP) is 1.50. The smallest absolute Gasteiger partial charge is 0.173 e. The van der Waals surface area contributed by atoms with E-state index in [0.717, 1.165) is 16.2 Å². The van der Waals surface area contributed by atoms with Gasteiger partial charge >= 0.3 is 0 Å². The highest BCUT2D eigenvalue weighted by Crippen LogP contribution is 2.23. The van der Waals surface area contributed by atoms with E-state index >= 15 is 0 Å². The number of ether oxygens (including phenoxy) is 1. The minimum absolute atomic E-state index is 0.494. The average molecular weight is 156 g/mol. The van der Waals surface area contributed by atoms with E-state index in [0.29, 0.717) is 6.42 Å². The fraction of sp³-hybridized carbons (Fsp3) is 0.286. The molecule has 0 radical (unpaired) electrons. The molecule has 0 aromatic carbocycles. The number of thiophene rings is 1. The van der Waals surface area contributed by atoms with Crippen molar-refractivity contribution in [3.8, 4) is 5.06 Å². The molecule has 0 fully saturated rings. The summed E-state index contributed by atoms with van der Waals surface area (Å²) in [5.41, 5.74) is 0. The lowest BCUT2D eigenvalue weighted by atomic mass is 10.4. The quantitative estimate of drug-likeness (QED) is 0.620. The summed E-state index contributed by atoms with van der Waals surface area (Å²) in [6.07, 6.45) is 1.39. The summed E-state index contributed by atoms with van der Waals surface area (Å²) in [7, 11) is 1.62. The minimum atomic E-state index is 0.494. The van der Waals surface area contributed by atoms with E-state index in [2.05, 4.69) is 0 Å². The van der Waals surface area contributed by atoms with Crippen LogP contribution in [0.25, 0.3) is 0 Å². The van der Waals surface area contributed by atoms with Crippen molar-refractivity contribution >= 4 is 17.6 Å². The van der Waals surface area contributed by atoms with Gasteiger partial charge in [0, 0.05) is 11.3 Å². The van der Waals surface area contributed by atoms with Crippen LogP contribution in [0.5, 0.6) is 5.06 Å². The topological polar surface area (TPSA) is 26.3 Å². The molecule has 3 heteroatoms. The zero-order chi connectivity index (χ0) is 7.40. The van der Waals surface area contributed by atoms with Gasteiger partial charge in [0.15, 0.2) is 5.06 Å². The van der Waals surface area contributed by atoms with Gasteiger partial charge in [-0.15, -0.1) is 11.3 Å². The number of aldehydes is 1. The zero-order valence-corrected chi connectivity index (χ0v) is 6.48. The molecule has 0 bridgehead atoms. The van der Waals surface area contributed by atoms with Crippen molar-refractivity contribution in [2.45, 2.75) is 6.42 Å². The second-order valence-electron chi connectivity index (χ2n) is 1.80. The molecular weight excluding hydrogens is 148 g/mol. The first-order chi connectivity index (χ1) is 4.86. The Kier molecular flexibility index (Phi) is 2.45. The molecule has 0 saturated heterocycles. The minimum Gasteiger partial charge on any atom is -0.487 e. The lowest BCUT2D eigenvalue weighted by Crippen LogP contribution is -1.77. The Morgan fingerprint density at radius 3 is 3.00 bits per heavy atom. The maximum Gasteiger partial charge on any atom is 0.173 e. The van der Waals surface area contributed by atoms with Crippen LogP contribution in [-0.4, -0.2) is 13.4 Å².